The van der Waals surface area contributed by atoms with E-state index >= 15 is 0 Å². The number of nitrogens with zero attached hydrogens (tertiary/aromatic N) is 6. The van der Waals surface area contributed by atoms with Gasteiger partial charge in [-0.1, -0.05) is 255 Å². The van der Waals surface area contributed by atoms with Crippen LogP contribution in [-0.2, 0) is 5.41 Å². The van der Waals surface area contributed by atoms with Crippen molar-refractivity contribution < 1.29 is 0 Å². The van der Waals surface area contributed by atoms with Crippen molar-refractivity contribution in [2.24, 2.45) is 0 Å². The summed E-state index contributed by atoms with van der Waals surface area (Å²) < 4.78 is 2.39. The molecule has 0 radical (unpaired) electrons. The molecule has 2 unspecified atom stereocenters. The van der Waals surface area contributed by atoms with Gasteiger partial charge in [0.25, 0.3) is 0 Å². The zero-order valence-electron chi connectivity index (χ0n) is 48.9. The van der Waals surface area contributed by atoms with Gasteiger partial charge in [0, 0.05) is 61.1 Å². The molecule has 420 valence electrons. The summed E-state index contributed by atoms with van der Waals surface area (Å²) >= 11 is 0. The molecule has 2 atom stereocenters. The summed E-state index contributed by atoms with van der Waals surface area (Å²) in [4.78, 5) is 26.3. The maximum Gasteiger partial charge on any atom is 0.164 e. The second kappa shape index (κ2) is 20.7. The van der Waals surface area contributed by atoms with Crippen molar-refractivity contribution in [3.05, 3.63) is 337 Å². The van der Waals surface area contributed by atoms with E-state index in [0.29, 0.717) is 29.2 Å². The number of fused-ring (bicyclic) bond motifs is 15. The summed E-state index contributed by atoms with van der Waals surface area (Å²) in [5.41, 5.74) is 24.3. The van der Waals surface area contributed by atoms with E-state index < -0.39 is 5.41 Å². The number of hydrogen-bond acceptors (Lipinski definition) is 5. The second-order valence-electron chi connectivity index (χ2n) is 23.8. The van der Waals surface area contributed by atoms with E-state index in [-0.39, 0.29) is 0 Å². The summed E-state index contributed by atoms with van der Waals surface area (Å²) in [7, 11) is 0. The van der Waals surface area contributed by atoms with E-state index in [1.54, 1.807) is 0 Å². The van der Waals surface area contributed by atoms with Crippen molar-refractivity contribution >= 4 is 32.6 Å². The summed E-state index contributed by atoms with van der Waals surface area (Å²) in [6, 6.07) is 104. The summed E-state index contributed by atoms with van der Waals surface area (Å²) in [6.45, 7) is 0. The van der Waals surface area contributed by atoms with Crippen LogP contribution in [-0.4, -0.2) is 29.5 Å². The van der Waals surface area contributed by atoms with Crippen LogP contribution in [0.25, 0.3) is 140 Å². The zero-order chi connectivity index (χ0) is 59.3. The van der Waals surface area contributed by atoms with Crippen LogP contribution in [0.5, 0.6) is 0 Å². The first-order chi connectivity index (χ1) is 44.6. The van der Waals surface area contributed by atoms with E-state index in [4.69, 9.17) is 24.9 Å². The minimum absolute atomic E-state index is 0.316. The molecule has 0 fully saturated rings. The van der Waals surface area contributed by atoms with Crippen LogP contribution < -0.4 is 0 Å². The number of allylic oxidation sites excluding steroid dienone is 4. The first kappa shape index (κ1) is 51.5. The lowest BCUT2D eigenvalue weighted by Crippen LogP contribution is -2.27. The van der Waals surface area contributed by atoms with Gasteiger partial charge < -0.3 is 4.57 Å². The Morgan fingerprint density at radius 1 is 0.333 bits per heavy atom. The predicted molar refractivity (Wildman–Crippen MR) is 367 cm³/mol. The van der Waals surface area contributed by atoms with E-state index in [9.17, 15) is 0 Å². The highest BCUT2D eigenvalue weighted by Crippen LogP contribution is 2.65. The van der Waals surface area contributed by atoms with Crippen LogP contribution in [0.2, 0.25) is 0 Å². The molecular weight excluding hydrogens is 1090 g/mol. The summed E-state index contributed by atoms with van der Waals surface area (Å²) in [5.74, 6) is 2.87. The number of hydrogen-bond donors (Lipinski definition) is 0. The molecule has 0 bridgehead atoms. The van der Waals surface area contributed by atoms with Crippen molar-refractivity contribution in [3.8, 4) is 107 Å². The van der Waals surface area contributed by atoms with Crippen molar-refractivity contribution in [3.63, 3.8) is 0 Å². The number of benzene rings is 12. The fraction of sp³-hybridized carbons (Fsp3) is 0.0357. The van der Waals surface area contributed by atoms with E-state index in [0.717, 1.165) is 79.1 Å². The first-order valence-electron chi connectivity index (χ1n) is 30.9. The van der Waals surface area contributed by atoms with Crippen molar-refractivity contribution in [2.75, 3.05) is 0 Å². The van der Waals surface area contributed by atoms with Crippen molar-refractivity contribution in [2.45, 2.75) is 17.8 Å². The van der Waals surface area contributed by atoms with E-state index in [1.165, 1.54) is 71.5 Å². The molecule has 0 N–H and O–H groups in total. The minimum atomic E-state index is -0.418. The van der Waals surface area contributed by atoms with Gasteiger partial charge in [-0.3, -0.25) is 0 Å². The van der Waals surface area contributed by atoms with Crippen LogP contribution in [0, 0.1) is 0 Å². The van der Waals surface area contributed by atoms with E-state index in [1.807, 2.05) is 24.3 Å². The second-order valence-corrected chi connectivity index (χ2v) is 23.8. The highest BCUT2D eigenvalue weighted by Gasteiger charge is 2.55. The van der Waals surface area contributed by atoms with Gasteiger partial charge in [0.05, 0.1) is 27.8 Å². The molecular formula is C84H54N6. The van der Waals surface area contributed by atoms with E-state index in [2.05, 4.69) is 290 Å². The maximum absolute atomic E-state index is 5.33. The molecule has 6 heteroatoms. The van der Waals surface area contributed by atoms with Gasteiger partial charge in [-0.25, -0.2) is 24.9 Å². The third-order valence-electron chi connectivity index (χ3n) is 18.9. The summed E-state index contributed by atoms with van der Waals surface area (Å²) in [6.07, 6.45) is 7.94. The fourth-order valence-corrected chi connectivity index (χ4v) is 14.8. The lowest BCUT2D eigenvalue weighted by molar-refractivity contribution is 0.708. The quantitative estimate of drug-likeness (QED) is 0.144. The Balaban J connectivity index is 0.676. The Hall–Kier alpha value is -11.7. The van der Waals surface area contributed by atoms with Crippen molar-refractivity contribution in [1.82, 2.24) is 29.5 Å². The molecule has 0 saturated carbocycles. The maximum atomic E-state index is 5.33. The van der Waals surface area contributed by atoms with Gasteiger partial charge in [-0.15, -0.1) is 0 Å². The van der Waals surface area contributed by atoms with Crippen LogP contribution in [0.1, 0.15) is 34.6 Å². The molecule has 12 aromatic carbocycles. The summed E-state index contributed by atoms with van der Waals surface area (Å²) in [5, 5.41) is 4.91. The molecule has 3 aromatic heterocycles. The molecule has 3 heterocycles. The topological polar surface area (TPSA) is 69.4 Å². The lowest BCUT2D eigenvalue weighted by atomic mass is 9.68. The highest BCUT2D eigenvalue weighted by molar-refractivity contribution is 6.18. The molecule has 18 rings (SSSR count). The van der Waals surface area contributed by atoms with Crippen molar-refractivity contribution in [1.29, 1.82) is 0 Å². The number of aromatic nitrogens is 6. The molecule has 90 heavy (non-hydrogen) atoms. The molecule has 1 spiro atoms. The van der Waals surface area contributed by atoms with Gasteiger partial charge in [-0.2, -0.15) is 0 Å². The first-order valence-corrected chi connectivity index (χ1v) is 30.9. The van der Waals surface area contributed by atoms with Gasteiger partial charge in [0.1, 0.15) is 0 Å². The van der Waals surface area contributed by atoms with Gasteiger partial charge in [-0.05, 0) is 128 Å². The molecule has 0 saturated heterocycles. The third kappa shape index (κ3) is 8.22. The van der Waals surface area contributed by atoms with Gasteiger partial charge in [0.15, 0.2) is 23.3 Å². The van der Waals surface area contributed by atoms with Gasteiger partial charge >= 0.3 is 0 Å². The molecule has 0 amide bonds. The Morgan fingerprint density at radius 2 is 0.867 bits per heavy atom. The molecule has 15 aromatic rings. The molecule has 3 aliphatic rings. The SMILES string of the molecule is C1=CCC2C(=C1)C1(c3ccccc3-c3ccc(-c4nc(-c5ccccc5)nc(-c5ccc(-c6cccc(-c7cccc(-c8cc(-c9ccccc9)nc(-c9ccc(-n%10c%11ccccc%11c%11ccc%12ccccc%12c%11%10)cc9)n8)c7)c6)cc5)n4)cc31)c1ccccc12. The Morgan fingerprint density at radius 3 is 1.63 bits per heavy atom. The Kier molecular flexibility index (Phi) is 11.9. The average Bonchev–Trinajstić information content (AvgIpc) is 1.52. The monoisotopic (exact) mass is 1150 g/mol. The van der Waals surface area contributed by atoms with Crippen LogP contribution in [0.15, 0.2) is 315 Å². The zero-order valence-corrected chi connectivity index (χ0v) is 48.9. The average molecular weight is 1150 g/mol. The highest BCUT2D eigenvalue weighted by atomic mass is 15.0. The third-order valence-corrected chi connectivity index (χ3v) is 18.9. The van der Waals surface area contributed by atoms with Crippen LogP contribution in [0.3, 0.4) is 0 Å². The largest absolute Gasteiger partial charge is 0.309 e. The Labute approximate surface area is 521 Å². The normalized spacial score (nSPS) is 15.2. The number of rotatable bonds is 9. The predicted octanol–water partition coefficient (Wildman–Crippen LogP) is 20.5. The minimum Gasteiger partial charge on any atom is -0.309 e. The van der Waals surface area contributed by atoms with Gasteiger partial charge in [0.2, 0.25) is 0 Å². The molecule has 0 aliphatic heterocycles. The van der Waals surface area contributed by atoms with Crippen LogP contribution >= 0.6 is 0 Å². The molecule has 6 nitrogen and oxygen atoms in total. The lowest BCUT2D eigenvalue weighted by Gasteiger charge is -2.33. The Bertz CT molecular complexity index is 5450. The number of para-hydroxylation sites is 1. The fourth-order valence-electron chi connectivity index (χ4n) is 14.8. The smallest absolute Gasteiger partial charge is 0.164 e. The van der Waals surface area contributed by atoms with Crippen LogP contribution in [0.4, 0.5) is 0 Å². The molecule has 3 aliphatic carbocycles. The standard InChI is InChI=1S/C84H54N6/c1-3-20-55(21-4-1)76-52-77(86-80(85-76)58-41-45-64(46-42-58)90-78-36-16-12-32-70(78)71-48-43-54-19-7-8-28-65(54)79(71)90)62-27-18-26-61(50-62)60-25-17-24-59(49-60)53-37-39-57(40-38-53)82-87-81(56-22-5-2-6-23-56)88-83(89-82)63-44-47-69-68-31-11-15-35-74(68)84(75(69)51-63)72-33-13-9-29-66(72)67-30-10-14-34-73(67)84/h1-29,31-52,67H,30H2.